The van der Waals surface area contributed by atoms with Crippen LogP contribution in [0.4, 0.5) is 0 Å². The van der Waals surface area contributed by atoms with Gasteiger partial charge < -0.3 is 15.2 Å². The van der Waals surface area contributed by atoms with E-state index in [1.165, 1.54) is 18.7 Å². The molecule has 1 aromatic rings. The summed E-state index contributed by atoms with van der Waals surface area (Å²) in [6, 6.07) is 3.77. The molecule has 3 heterocycles. The zero-order valence-corrected chi connectivity index (χ0v) is 10.9. The number of rotatable bonds is 2. The summed E-state index contributed by atoms with van der Waals surface area (Å²) in [5.74, 6) is 0.0347. The number of hydrogen-bond acceptors (Lipinski definition) is 3. The molecule has 2 aliphatic rings. The second-order valence-electron chi connectivity index (χ2n) is 5.35. The van der Waals surface area contributed by atoms with Crippen LogP contribution in [0.1, 0.15) is 36.0 Å². The first-order valence-electron chi connectivity index (χ1n) is 6.99. The Morgan fingerprint density at radius 3 is 2.84 bits per heavy atom. The van der Waals surface area contributed by atoms with Crippen LogP contribution in [-0.4, -0.2) is 41.0 Å². The summed E-state index contributed by atoms with van der Waals surface area (Å²) in [4.78, 5) is 28.1. The van der Waals surface area contributed by atoms with Crippen molar-refractivity contribution in [3.8, 4) is 0 Å². The van der Waals surface area contributed by atoms with Crippen LogP contribution in [0.15, 0.2) is 23.1 Å². The molecular formula is C14H19N3O2. The number of likely N-dealkylation sites (tertiary alicyclic amines) is 1. The Balaban J connectivity index is 1.78. The fourth-order valence-electron chi connectivity index (χ4n) is 3.21. The number of carbonyl (C=O) groups is 1. The zero-order chi connectivity index (χ0) is 13.2. The number of H-pyrrole nitrogens is 1. The lowest BCUT2D eigenvalue weighted by Gasteiger charge is -2.29. The molecule has 19 heavy (non-hydrogen) atoms. The topological polar surface area (TPSA) is 65.2 Å². The minimum absolute atomic E-state index is 0.0347. The van der Waals surface area contributed by atoms with Crippen LogP contribution in [0.5, 0.6) is 0 Å². The zero-order valence-electron chi connectivity index (χ0n) is 10.9. The van der Waals surface area contributed by atoms with Crippen LogP contribution in [0.3, 0.4) is 0 Å². The van der Waals surface area contributed by atoms with Crippen molar-refractivity contribution in [3.05, 3.63) is 34.2 Å². The normalized spacial score (nSPS) is 26.8. The largest absolute Gasteiger partial charge is 0.334 e. The van der Waals surface area contributed by atoms with Crippen LogP contribution in [0.25, 0.3) is 0 Å². The molecule has 0 aromatic carbocycles. The molecule has 2 aliphatic heterocycles. The highest BCUT2D eigenvalue weighted by molar-refractivity contribution is 5.94. The third kappa shape index (κ3) is 2.42. The first-order chi connectivity index (χ1) is 9.25. The predicted octanol–water partition coefficient (Wildman–Crippen LogP) is 0.732. The average molecular weight is 261 g/mol. The van der Waals surface area contributed by atoms with Gasteiger partial charge in [-0.15, -0.1) is 0 Å². The Bertz CT molecular complexity index is 499. The number of pyridine rings is 1. The molecule has 1 amide bonds. The minimum Gasteiger partial charge on any atom is -0.334 e. The SMILES string of the molecule is O=C(c1ccc(=O)[nH]c1)N1CCCC1C1CCCN1. The van der Waals surface area contributed by atoms with E-state index in [4.69, 9.17) is 0 Å². The highest BCUT2D eigenvalue weighted by atomic mass is 16.2. The number of amides is 1. The molecule has 0 aliphatic carbocycles. The van der Waals surface area contributed by atoms with Crippen LogP contribution in [0.2, 0.25) is 0 Å². The van der Waals surface area contributed by atoms with E-state index in [1.807, 2.05) is 4.90 Å². The quantitative estimate of drug-likeness (QED) is 0.825. The molecule has 5 nitrogen and oxygen atoms in total. The van der Waals surface area contributed by atoms with Crippen molar-refractivity contribution in [3.63, 3.8) is 0 Å². The molecule has 0 saturated carbocycles. The molecule has 2 N–H and O–H groups in total. The number of aromatic nitrogens is 1. The Kier molecular flexibility index (Phi) is 3.38. The van der Waals surface area contributed by atoms with Gasteiger partial charge in [0.05, 0.1) is 5.56 Å². The average Bonchev–Trinajstić information content (AvgIpc) is 3.09. The molecule has 1 aromatic heterocycles. The number of aromatic amines is 1. The van der Waals surface area contributed by atoms with E-state index in [-0.39, 0.29) is 11.5 Å². The summed E-state index contributed by atoms with van der Waals surface area (Å²) in [6.07, 6.45) is 6.01. The summed E-state index contributed by atoms with van der Waals surface area (Å²) < 4.78 is 0. The summed E-state index contributed by atoms with van der Waals surface area (Å²) in [5, 5.41) is 3.49. The fraction of sp³-hybridized carbons (Fsp3) is 0.571. The Morgan fingerprint density at radius 2 is 2.16 bits per heavy atom. The lowest BCUT2D eigenvalue weighted by molar-refractivity contribution is 0.0711. The maximum absolute atomic E-state index is 12.5. The highest BCUT2D eigenvalue weighted by Gasteiger charge is 2.36. The van der Waals surface area contributed by atoms with Crippen LogP contribution >= 0.6 is 0 Å². The molecule has 2 fully saturated rings. The van der Waals surface area contributed by atoms with E-state index >= 15 is 0 Å². The van der Waals surface area contributed by atoms with Crippen molar-refractivity contribution < 1.29 is 4.79 Å². The smallest absolute Gasteiger partial charge is 0.255 e. The van der Waals surface area contributed by atoms with Gasteiger partial charge in [0.15, 0.2) is 0 Å². The predicted molar refractivity (Wildman–Crippen MR) is 72.1 cm³/mol. The van der Waals surface area contributed by atoms with Gasteiger partial charge in [0.1, 0.15) is 0 Å². The van der Waals surface area contributed by atoms with Gasteiger partial charge in [-0.1, -0.05) is 0 Å². The van der Waals surface area contributed by atoms with E-state index in [1.54, 1.807) is 6.07 Å². The van der Waals surface area contributed by atoms with E-state index in [9.17, 15) is 9.59 Å². The van der Waals surface area contributed by atoms with Crippen molar-refractivity contribution in [1.29, 1.82) is 0 Å². The lowest BCUT2D eigenvalue weighted by Crippen LogP contribution is -2.46. The van der Waals surface area contributed by atoms with Gasteiger partial charge in [-0.3, -0.25) is 9.59 Å². The highest BCUT2D eigenvalue weighted by Crippen LogP contribution is 2.26. The van der Waals surface area contributed by atoms with Gasteiger partial charge in [0.2, 0.25) is 5.56 Å². The number of nitrogens with one attached hydrogen (secondary N) is 2. The maximum Gasteiger partial charge on any atom is 0.255 e. The van der Waals surface area contributed by atoms with Gasteiger partial charge >= 0.3 is 0 Å². The molecule has 102 valence electrons. The van der Waals surface area contributed by atoms with Gasteiger partial charge in [0.25, 0.3) is 5.91 Å². The van der Waals surface area contributed by atoms with Crippen molar-refractivity contribution in [2.75, 3.05) is 13.1 Å². The first-order valence-corrected chi connectivity index (χ1v) is 6.99. The van der Waals surface area contributed by atoms with Crippen molar-refractivity contribution >= 4 is 5.91 Å². The summed E-state index contributed by atoms with van der Waals surface area (Å²) in [6.45, 7) is 1.88. The summed E-state index contributed by atoms with van der Waals surface area (Å²) in [5.41, 5.74) is 0.400. The molecular weight excluding hydrogens is 242 g/mol. The standard InChI is InChI=1S/C14H19N3O2/c18-13-6-5-10(9-16-13)14(19)17-8-2-4-12(17)11-3-1-7-15-11/h5-6,9,11-12,15H,1-4,7-8H2,(H,16,18). The molecule has 0 bridgehead atoms. The Hall–Kier alpha value is -1.62. The number of nitrogens with zero attached hydrogens (tertiary/aromatic N) is 1. The second kappa shape index (κ2) is 5.17. The molecule has 0 spiro atoms. The van der Waals surface area contributed by atoms with Crippen LogP contribution in [-0.2, 0) is 0 Å². The number of carbonyl (C=O) groups excluding carboxylic acids is 1. The lowest BCUT2D eigenvalue weighted by atomic mass is 10.0. The van der Waals surface area contributed by atoms with Gasteiger partial charge in [-0.25, -0.2) is 0 Å². The fourth-order valence-corrected chi connectivity index (χ4v) is 3.21. The van der Waals surface area contributed by atoms with Gasteiger partial charge in [-0.2, -0.15) is 0 Å². The monoisotopic (exact) mass is 261 g/mol. The van der Waals surface area contributed by atoms with E-state index in [2.05, 4.69) is 10.3 Å². The minimum atomic E-state index is -0.174. The summed E-state index contributed by atoms with van der Waals surface area (Å²) >= 11 is 0. The van der Waals surface area contributed by atoms with Crippen molar-refractivity contribution in [1.82, 2.24) is 15.2 Å². The second-order valence-corrected chi connectivity index (χ2v) is 5.35. The van der Waals surface area contributed by atoms with Crippen LogP contribution in [0, 0.1) is 0 Å². The summed E-state index contributed by atoms with van der Waals surface area (Å²) in [7, 11) is 0. The van der Waals surface area contributed by atoms with E-state index < -0.39 is 0 Å². The third-order valence-corrected chi connectivity index (χ3v) is 4.15. The van der Waals surface area contributed by atoms with Gasteiger partial charge in [-0.05, 0) is 38.3 Å². The van der Waals surface area contributed by atoms with E-state index in [0.29, 0.717) is 17.6 Å². The molecule has 2 atom stereocenters. The maximum atomic E-state index is 12.5. The molecule has 2 unspecified atom stereocenters. The van der Waals surface area contributed by atoms with Gasteiger partial charge in [0, 0.05) is 30.9 Å². The van der Waals surface area contributed by atoms with E-state index in [0.717, 1.165) is 32.4 Å². The van der Waals surface area contributed by atoms with Crippen molar-refractivity contribution in [2.24, 2.45) is 0 Å². The van der Waals surface area contributed by atoms with Crippen molar-refractivity contribution in [2.45, 2.75) is 37.8 Å². The molecule has 5 heteroatoms. The first kappa shape index (κ1) is 12.4. The molecule has 2 saturated heterocycles. The molecule has 3 rings (SSSR count). The third-order valence-electron chi connectivity index (χ3n) is 4.15. The molecule has 0 radical (unpaired) electrons. The Labute approximate surface area is 112 Å². The Morgan fingerprint density at radius 1 is 1.26 bits per heavy atom. The van der Waals surface area contributed by atoms with Crippen LogP contribution < -0.4 is 10.9 Å². The number of hydrogen-bond donors (Lipinski definition) is 2.